The Bertz CT molecular complexity index is 627. The largest absolute Gasteiger partial charge is 0.489 e. The number of carbonyl (C=O) groups is 1. The van der Waals surface area contributed by atoms with Gasteiger partial charge in [-0.2, -0.15) is 0 Å². The highest BCUT2D eigenvalue weighted by molar-refractivity contribution is 5.90. The fourth-order valence-corrected chi connectivity index (χ4v) is 2.13. The van der Waals surface area contributed by atoms with Crippen LogP contribution in [0.5, 0.6) is 5.75 Å². The lowest BCUT2D eigenvalue weighted by Crippen LogP contribution is -2.46. The van der Waals surface area contributed by atoms with Crippen molar-refractivity contribution in [3.8, 4) is 5.75 Å². The smallest absolute Gasteiger partial charge is 0.361 e. The van der Waals surface area contributed by atoms with E-state index in [1.165, 1.54) is 0 Å². The maximum absolute atomic E-state index is 12.2. The van der Waals surface area contributed by atoms with E-state index in [9.17, 15) is 4.79 Å². The number of esters is 1. The first-order chi connectivity index (χ1) is 10.8. The van der Waals surface area contributed by atoms with Crippen molar-refractivity contribution in [1.29, 1.82) is 0 Å². The van der Waals surface area contributed by atoms with Crippen LogP contribution in [0.4, 0.5) is 0 Å². The van der Waals surface area contributed by atoms with Crippen LogP contribution in [-0.2, 0) is 11.3 Å². The first kappa shape index (κ1) is 14.5. The lowest BCUT2D eigenvalue weighted by Gasteiger charge is -2.27. The zero-order valence-electron chi connectivity index (χ0n) is 12.2. The van der Waals surface area contributed by atoms with Crippen molar-refractivity contribution >= 4 is 5.97 Å². The van der Waals surface area contributed by atoms with E-state index in [4.69, 9.17) is 9.47 Å². The highest BCUT2D eigenvalue weighted by Gasteiger charge is 2.20. The van der Waals surface area contributed by atoms with Crippen molar-refractivity contribution in [1.82, 2.24) is 10.3 Å². The molecule has 0 radical (unpaired) electrons. The molecule has 0 unspecified atom stereocenters. The molecule has 0 spiro atoms. The average Bonchev–Trinajstić information content (AvgIpc) is 2.52. The van der Waals surface area contributed by atoms with E-state index in [0.29, 0.717) is 18.4 Å². The predicted molar refractivity (Wildman–Crippen MR) is 81.7 cm³/mol. The highest BCUT2D eigenvalue weighted by Crippen LogP contribution is 2.18. The molecular weight excluding hydrogens is 280 g/mol. The van der Waals surface area contributed by atoms with Crippen molar-refractivity contribution in [2.75, 3.05) is 13.2 Å². The third kappa shape index (κ3) is 3.62. The molecular formula is C17H18N2O3. The molecule has 0 amide bonds. The molecule has 114 valence electrons. The summed E-state index contributed by atoms with van der Waals surface area (Å²) in [5.74, 6) is -0.00437. The number of nitrogens with zero attached hydrogens (tertiary/aromatic N) is 1. The lowest BCUT2D eigenvalue weighted by molar-refractivity contribution is 0.0459. The zero-order chi connectivity index (χ0) is 15.2. The molecule has 22 heavy (non-hydrogen) atoms. The number of pyridine rings is 1. The number of benzene rings is 1. The molecule has 5 nitrogen and oxygen atoms in total. The fourth-order valence-electron chi connectivity index (χ4n) is 2.13. The average molecular weight is 298 g/mol. The topological polar surface area (TPSA) is 60.5 Å². The van der Waals surface area contributed by atoms with E-state index < -0.39 is 5.97 Å². The normalized spacial score (nSPS) is 16.6. The molecule has 1 aliphatic rings. The molecule has 2 aromatic rings. The summed E-state index contributed by atoms with van der Waals surface area (Å²) in [6.07, 6.45) is 2.65. The summed E-state index contributed by atoms with van der Waals surface area (Å²) in [5.41, 5.74) is 1.16. The molecule has 1 fully saturated rings. The van der Waals surface area contributed by atoms with E-state index in [2.05, 4.69) is 10.3 Å². The molecule has 3 rings (SSSR count). The van der Waals surface area contributed by atoms with Crippen LogP contribution in [0.3, 0.4) is 0 Å². The Morgan fingerprint density at radius 3 is 2.77 bits per heavy atom. The minimum absolute atomic E-state index is 0.220. The van der Waals surface area contributed by atoms with Crippen LogP contribution < -0.4 is 10.1 Å². The van der Waals surface area contributed by atoms with Gasteiger partial charge in [0.25, 0.3) is 0 Å². The van der Waals surface area contributed by atoms with Crippen LogP contribution in [0.15, 0.2) is 48.7 Å². The molecule has 1 atom stereocenters. The van der Waals surface area contributed by atoms with Gasteiger partial charge in [-0.3, -0.25) is 0 Å². The summed E-state index contributed by atoms with van der Waals surface area (Å²) in [4.78, 5) is 16.3. The minimum atomic E-state index is -0.471. The van der Waals surface area contributed by atoms with E-state index in [1.54, 1.807) is 18.3 Å². The number of ether oxygens (including phenoxy) is 2. The summed E-state index contributed by atoms with van der Waals surface area (Å²) in [6, 6.07) is 13.4. The van der Waals surface area contributed by atoms with Gasteiger partial charge in [0.15, 0.2) is 11.4 Å². The van der Waals surface area contributed by atoms with Gasteiger partial charge in [-0.05, 0) is 30.7 Å². The first-order valence-electron chi connectivity index (χ1n) is 7.35. The Morgan fingerprint density at radius 1 is 1.23 bits per heavy atom. The summed E-state index contributed by atoms with van der Waals surface area (Å²) in [5, 5.41) is 3.25. The second-order valence-corrected chi connectivity index (χ2v) is 5.16. The number of hydrogen-bond acceptors (Lipinski definition) is 5. The van der Waals surface area contributed by atoms with Gasteiger partial charge in [-0.15, -0.1) is 0 Å². The van der Waals surface area contributed by atoms with Gasteiger partial charge in [0, 0.05) is 12.2 Å². The number of carbonyl (C=O) groups excluding carboxylic acids is 1. The molecule has 0 bridgehead atoms. The summed E-state index contributed by atoms with van der Waals surface area (Å²) in [7, 11) is 0. The molecule has 1 aromatic carbocycles. The Labute approximate surface area is 129 Å². The van der Waals surface area contributed by atoms with Crippen LogP contribution in [-0.4, -0.2) is 30.1 Å². The van der Waals surface area contributed by atoms with E-state index in [1.807, 2.05) is 30.3 Å². The molecule has 0 aliphatic carbocycles. The van der Waals surface area contributed by atoms with Gasteiger partial charge >= 0.3 is 5.97 Å². The summed E-state index contributed by atoms with van der Waals surface area (Å²) in [6.45, 7) is 1.78. The van der Waals surface area contributed by atoms with Gasteiger partial charge in [0.1, 0.15) is 13.2 Å². The number of nitrogens with one attached hydrogen (secondary N) is 1. The third-order valence-corrected chi connectivity index (χ3v) is 3.54. The van der Waals surface area contributed by atoms with Crippen LogP contribution >= 0.6 is 0 Å². The van der Waals surface area contributed by atoms with Crippen molar-refractivity contribution in [2.45, 2.75) is 19.1 Å². The second-order valence-electron chi connectivity index (χ2n) is 5.16. The lowest BCUT2D eigenvalue weighted by atomic mass is 10.1. The maximum Gasteiger partial charge on any atom is 0.361 e. The van der Waals surface area contributed by atoms with Crippen molar-refractivity contribution in [3.63, 3.8) is 0 Å². The molecule has 5 heteroatoms. The quantitative estimate of drug-likeness (QED) is 0.828. The van der Waals surface area contributed by atoms with Crippen LogP contribution in [0.2, 0.25) is 0 Å². The van der Waals surface area contributed by atoms with Gasteiger partial charge in [0.2, 0.25) is 0 Å². The van der Waals surface area contributed by atoms with Crippen molar-refractivity contribution in [3.05, 3.63) is 59.9 Å². The first-order valence-corrected chi connectivity index (χ1v) is 7.35. The Morgan fingerprint density at radius 2 is 2.05 bits per heavy atom. The highest BCUT2D eigenvalue weighted by atomic mass is 16.5. The Balaban J connectivity index is 1.61. The molecule has 1 aliphatic heterocycles. The maximum atomic E-state index is 12.2. The minimum Gasteiger partial charge on any atom is -0.489 e. The molecule has 1 aromatic heterocycles. The predicted octanol–water partition coefficient (Wildman–Crippen LogP) is 2.18. The molecule has 1 saturated heterocycles. The van der Waals surface area contributed by atoms with Crippen molar-refractivity contribution < 1.29 is 14.3 Å². The van der Waals surface area contributed by atoms with Gasteiger partial charge in [0.05, 0.1) is 0 Å². The van der Waals surface area contributed by atoms with Crippen LogP contribution in [0, 0.1) is 0 Å². The van der Waals surface area contributed by atoms with Gasteiger partial charge < -0.3 is 14.8 Å². The zero-order valence-corrected chi connectivity index (χ0v) is 12.2. The monoisotopic (exact) mass is 298 g/mol. The fraction of sp³-hybridized carbons (Fsp3) is 0.294. The SMILES string of the molecule is O=C(OCc1ccccc1)c1ncccc1OC[C@H]1CCN1. The summed E-state index contributed by atoms with van der Waals surface area (Å²) >= 11 is 0. The van der Waals surface area contributed by atoms with Crippen LogP contribution in [0.25, 0.3) is 0 Å². The Kier molecular flexibility index (Phi) is 4.65. The number of aromatic nitrogens is 1. The number of hydrogen-bond donors (Lipinski definition) is 1. The van der Waals surface area contributed by atoms with Gasteiger partial charge in [-0.1, -0.05) is 30.3 Å². The van der Waals surface area contributed by atoms with E-state index in [0.717, 1.165) is 18.5 Å². The standard InChI is InChI=1S/C17H18N2O3/c20-17(22-11-13-5-2-1-3-6-13)16-15(7-4-9-19-16)21-12-14-8-10-18-14/h1-7,9,14,18H,8,10-12H2/t14-/m1/s1. The molecule has 1 N–H and O–H groups in total. The molecule has 0 saturated carbocycles. The Hall–Kier alpha value is -2.40. The second kappa shape index (κ2) is 7.04. The molecule has 2 heterocycles. The van der Waals surface area contributed by atoms with E-state index in [-0.39, 0.29) is 12.3 Å². The third-order valence-electron chi connectivity index (χ3n) is 3.54. The van der Waals surface area contributed by atoms with Gasteiger partial charge in [-0.25, -0.2) is 9.78 Å². The van der Waals surface area contributed by atoms with Crippen molar-refractivity contribution in [2.24, 2.45) is 0 Å². The van der Waals surface area contributed by atoms with Crippen LogP contribution in [0.1, 0.15) is 22.5 Å². The van der Waals surface area contributed by atoms with E-state index >= 15 is 0 Å². The number of rotatable bonds is 6. The summed E-state index contributed by atoms with van der Waals surface area (Å²) < 4.78 is 11.0.